The third kappa shape index (κ3) is 1.49. The van der Waals surface area contributed by atoms with Crippen molar-refractivity contribution in [3.05, 3.63) is 18.0 Å². The first-order valence-corrected chi connectivity index (χ1v) is 6.33. The van der Waals surface area contributed by atoms with Gasteiger partial charge in [-0.3, -0.25) is 4.68 Å². The molecule has 1 aliphatic carbocycles. The maximum Gasteiger partial charge on any atom is 0.0524 e. The summed E-state index contributed by atoms with van der Waals surface area (Å²) in [7, 11) is 4.08. The van der Waals surface area contributed by atoms with Crippen LogP contribution in [-0.2, 0) is 7.05 Å². The monoisotopic (exact) mass is 221 g/mol. The minimum atomic E-state index is 0.442. The summed E-state index contributed by atoms with van der Waals surface area (Å²) in [6.45, 7) is 4.63. The first-order valence-electron chi connectivity index (χ1n) is 6.33. The van der Waals surface area contributed by atoms with E-state index in [4.69, 9.17) is 0 Å². The fraction of sp³-hybridized carbons (Fsp3) is 0.769. The average Bonchev–Trinajstić information content (AvgIpc) is 2.66. The van der Waals surface area contributed by atoms with Crippen molar-refractivity contribution in [3.8, 4) is 0 Å². The SMILES string of the molecule is CCC1(CC)C(NC)CC1c1cnn(C)c1. The highest BCUT2D eigenvalue weighted by atomic mass is 15.2. The van der Waals surface area contributed by atoms with Gasteiger partial charge < -0.3 is 5.32 Å². The molecule has 0 amide bonds. The fourth-order valence-electron chi connectivity index (χ4n) is 3.52. The number of aromatic nitrogens is 2. The lowest BCUT2D eigenvalue weighted by Gasteiger charge is -2.56. The van der Waals surface area contributed by atoms with Crippen LogP contribution in [0.15, 0.2) is 12.4 Å². The maximum absolute atomic E-state index is 4.30. The Bertz CT molecular complexity index is 352. The molecule has 90 valence electrons. The Morgan fingerprint density at radius 3 is 2.62 bits per heavy atom. The van der Waals surface area contributed by atoms with Crippen molar-refractivity contribution >= 4 is 0 Å². The van der Waals surface area contributed by atoms with Crippen LogP contribution in [0.5, 0.6) is 0 Å². The van der Waals surface area contributed by atoms with Gasteiger partial charge in [-0.2, -0.15) is 5.10 Å². The van der Waals surface area contributed by atoms with E-state index in [1.54, 1.807) is 0 Å². The number of nitrogens with zero attached hydrogens (tertiary/aromatic N) is 2. The Morgan fingerprint density at radius 1 is 1.50 bits per heavy atom. The van der Waals surface area contributed by atoms with Crippen LogP contribution in [-0.4, -0.2) is 22.9 Å². The predicted molar refractivity (Wildman–Crippen MR) is 66.4 cm³/mol. The summed E-state index contributed by atoms with van der Waals surface area (Å²) < 4.78 is 1.91. The van der Waals surface area contributed by atoms with E-state index >= 15 is 0 Å². The third-order valence-corrected chi connectivity index (χ3v) is 4.65. The summed E-state index contributed by atoms with van der Waals surface area (Å²) in [6, 6.07) is 0.674. The van der Waals surface area contributed by atoms with Gasteiger partial charge in [-0.25, -0.2) is 0 Å². The molecule has 1 aliphatic rings. The number of nitrogens with one attached hydrogen (secondary N) is 1. The molecular formula is C13H23N3. The van der Waals surface area contributed by atoms with Gasteiger partial charge in [0, 0.05) is 19.3 Å². The van der Waals surface area contributed by atoms with Crippen LogP contribution >= 0.6 is 0 Å². The van der Waals surface area contributed by atoms with Crippen molar-refractivity contribution in [3.63, 3.8) is 0 Å². The molecular weight excluding hydrogens is 198 g/mol. The highest BCUT2D eigenvalue weighted by Gasteiger charge is 2.52. The molecule has 0 radical (unpaired) electrons. The van der Waals surface area contributed by atoms with Crippen molar-refractivity contribution in [1.29, 1.82) is 0 Å². The summed E-state index contributed by atoms with van der Waals surface area (Å²) in [4.78, 5) is 0. The number of hydrogen-bond acceptors (Lipinski definition) is 2. The van der Waals surface area contributed by atoms with E-state index in [-0.39, 0.29) is 0 Å². The molecule has 16 heavy (non-hydrogen) atoms. The number of hydrogen-bond donors (Lipinski definition) is 1. The first kappa shape index (κ1) is 11.6. The Morgan fingerprint density at radius 2 is 2.19 bits per heavy atom. The lowest BCUT2D eigenvalue weighted by Crippen LogP contribution is -2.57. The van der Waals surface area contributed by atoms with Gasteiger partial charge in [0.2, 0.25) is 0 Å². The van der Waals surface area contributed by atoms with Gasteiger partial charge in [0.25, 0.3) is 0 Å². The van der Waals surface area contributed by atoms with Crippen molar-refractivity contribution in [2.45, 2.75) is 45.1 Å². The number of rotatable bonds is 4. The molecule has 0 saturated heterocycles. The third-order valence-electron chi connectivity index (χ3n) is 4.65. The summed E-state index contributed by atoms with van der Waals surface area (Å²) in [5.41, 5.74) is 1.86. The summed E-state index contributed by atoms with van der Waals surface area (Å²) in [6.07, 6.45) is 7.96. The fourth-order valence-corrected chi connectivity index (χ4v) is 3.52. The standard InChI is InChI=1S/C13H23N3/c1-5-13(6-2)11(7-12(13)14-3)10-8-15-16(4)9-10/h8-9,11-12,14H,5-7H2,1-4H3. The Hall–Kier alpha value is -0.830. The Balaban J connectivity index is 2.24. The van der Waals surface area contributed by atoms with E-state index in [0.29, 0.717) is 17.4 Å². The van der Waals surface area contributed by atoms with Gasteiger partial charge in [0.05, 0.1) is 6.20 Å². The van der Waals surface area contributed by atoms with E-state index in [9.17, 15) is 0 Å². The molecule has 0 spiro atoms. The van der Waals surface area contributed by atoms with Crippen molar-refractivity contribution < 1.29 is 0 Å². The molecule has 2 atom stereocenters. The van der Waals surface area contributed by atoms with E-state index in [2.05, 4.69) is 37.5 Å². The summed E-state index contributed by atoms with van der Waals surface area (Å²) in [5, 5.41) is 7.77. The Labute approximate surface area is 98.2 Å². The second-order valence-electron chi connectivity index (χ2n) is 5.02. The van der Waals surface area contributed by atoms with Crippen LogP contribution in [0.2, 0.25) is 0 Å². The summed E-state index contributed by atoms with van der Waals surface area (Å²) >= 11 is 0. The molecule has 3 heteroatoms. The minimum Gasteiger partial charge on any atom is -0.316 e. The van der Waals surface area contributed by atoms with Crippen LogP contribution in [0.3, 0.4) is 0 Å². The maximum atomic E-state index is 4.30. The van der Waals surface area contributed by atoms with Gasteiger partial charge in [-0.1, -0.05) is 13.8 Å². The molecule has 0 aliphatic heterocycles. The van der Waals surface area contributed by atoms with Gasteiger partial charge in [-0.15, -0.1) is 0 Å². The van der Waals surface area contributed by atoms with Crippen LogP contribution in [0, 0.1) is 5.41 Å². The lowest BCUT2D eigenvalue weighted by molar-refractivity contribution is 0.0245. The molecule has 1 heterocycles. The molecule has 2 unspecified atom stereocenters. The van der Waals surface area contributed by atoms with Crippen molar-refractivity contribution in [1.82, 2.24) is 15.1 Å². The normalized spacial score (nSPS) is 27.8. The average molecular weight is 221 g/mol. The van der Waals surface area contributed by atoms with Crippen LogP contribution in [0.1, 0.15) is 44.6 Å². The van der Waals surface area contributed by atoms with Gasteiger partial charge in [0.15, 0.2) is 0 Å². The topological polar surface area (TPSA) is 29.9 Å². The van der Waals surface area contributed by atoms with Crippen molar-refractivity contribution in [2.75, 3.05) is 7.05 Å². The van der Waals surface area contributed by atoms with Crippen LogP contribution < -0.4 is 5.32 Å². The first-order chi connectivity index (χ1) is 7.67. The largest absolute Gasteiger partial charge is 0.316 e. The number of aryl methyl sites for hydroxylation is 1. The predicted octanol–water partition coefficient (Wildman–Crippen LogP) is 2.30. The van der Waals surface area contributed by atoms with E-state index < -0.39 is 0 Å². The highest BCUT2D eigenvalue weighted by Crippen LogP contribution is 2.56. The zero-order valence-corrected chi connectivity index (χ0v) is 10.8. The highest BCUT2D eigenvalue weighted by molar-refractivity contribution is 5.24. The lowest BCUT2D eigenvalue weighted by atomic mass is 9.52. The molecule has 1 saturated carbocycles. The molecule has 1 aromatic heterocycles. The van der Waals surface area contributed by atoms with E-state index in [1.165, 1.54) is 24.8 Å². The molecule has 2 rings (SSSR count). The van der Waals surface area contributed by atoms with Crippen LogP contribution in [0.25, 0.3) is 0 Å². The quantitative estimate of drug-likeness (QED) is 0.845. The van der Waals surface area contributed by atoms with Gasteiger partial charge in [-0.05, 0) is 43.2 Å². The van der Waals surface area contributed by atoms with E-state index in [0.717, 1.165) is 0 Å². The molecule has 0 bridgehead atoms. The molecule has 1 aromatic rings. The van der Waals surface area contributed by atoms with Crippen molar-refractivity contribution in [2.24, 2.45) is 12.5 Å². The summed E-state index contributed by atoms with van der Waals surface area (Å²) in [5.74, 6) is 0.689. The van der Waals surface area contributed by atoms with Crippen LogP contribution in [0.4, 0.5) is 0 Å². The van der Waals surface area contributed by atoms with E-state index in [1.807, 2.05) is 17.9 Å². The second-order valence-corrected chi connectivity index (χ2v) is 5.02. The van der Waals surface area contributed by atoms with Gasteiger partial charge >= 0.3 is 0 Å². The van der Waals surface area contributed by atoms with Gasteiger partial charge in [0.1, 0.15) is 0 Å². The zero-order chi connectivity index (χ0) is 11.8. The molecule has 1 fully saturated rings. The second kappa shape index (κ2) is 4.21. The molecule has 0 aromatic carbocycles. The Kier molecular flexibility index (Phi) is 3.06. The molecule has 1 N–H and O–H groups in total. The zero-order valence-electron chi connectivity index (χ0n) is 10.8. The smallest absolute Gasteiger partial charge is 0.0524 e. The molecule has 3 nitrogen and oxygen atoms in total. The minimum absolute atomic E-state index is 0.442.